The van der Waals surface area contributed by atoms with Crippen LogP contribution < -0.4 is 14.4 Å². The van der Waals surface area contributed by atoms with Gasteiger partial charge in [0, 0.05) is 10.7 Å². The highest BCUT2D eigenvalue weighted by molar-refractivity contribution is 7.92. The van der Waals surface area contributed by atoms with Gasteiger partial charge >= 0.3 is 0 Å². The van der Waals surface area contributed by atoms with Crippen molar-refractivity contribution in [3.8, 4) is 5.75 Å². The lowest BCUT2D eigenvalue weighted by Gasteiger charge is -2.34. The number of anilines is 2. The number of benzene rings is 3. The first-order chi connectivity index (χ1) is 14.3. The summed E-state index contributed by atoms with van der Waals surface area (Å²) in [5.41, 5.74) is 2.00. The Hall–Kier alpha value is -3.03. The van der Waals surface area contributed by atoms with E-state index in [0.717, 1.165) is 5.56 Å². The smallest absolute Gasteiger partial charge is 0.267 e. The number of carbonyl (C=O) groups excluding carboxylic acids is 1. The Morgan fingerprint density at radius 2 is 1.80 bits per heavy atom. The molecule has 0 saturated heterocycles. The monoisotopic (exact) mass is 442 g/mol. The third-order valence-corrected chi connectivity index (χ3v) is 6.76. The predicted molar refractivity (Wildman–Crippen MR) is 117 cm³/mol. The number of sulfonamides is 1. The Bertz CT molecular complexity index is 1200. The number of hydrogen-bond donors (Lipinski definition) is 1. The number of fused-ring (bicyclic) bond motifs is 1. The maximum atomic E-state index is 13.3. The molecule has 1 aliphatic rings. The van der Waals surface area contributed by atoms with Gasteiger partial charge in [-0.25, -0.2) is 8.42 Å². The molecule has 0 aromatic heterocycles. The van der Waals surface area contributed by atoms with Crippen LogP contribution in [-0.2, 0) is 14.8 Å². The molecule has 6 nitrogen and oxygen atoms in total. The van der Waals surface area contributed by atoms with Crippen LogP contribution in [0.2, 0.25) is 5.02 Å². The van der Waals surface area contributed by atoms with Crippen molar-refractivity contribution in [3.63, 3.8) is 0 Å². The second-order valence-electron chi connectivity index (χ2n) is 6.92. The maximum absolute atomic E-state index is 13.3. The minimum absolute atomic E-state index is 0.0847. The van der Waals surface area contributed by atoms with Crippen molar-refractivity contribution in [2.75, 3.05) is 16.2 Å². The van der Waals surface area contributed by atoms with Crippen molar-refractivity contribution in [1.29, 1.82) is 0 Å². The molecule has 3 aromatic rings. The molecule has 0 spiro atoms. The fourth-order valence-corrected chi connectivity index (χ4v) is 4.85. The fourth-order valence-electron chi connectivity index (χ4n) is 3.25. The van der Waals surface area contributed by atoms with E-state index >= 15 is 0 Å². The average Bonchev–Trinajstić information content (AvgIpc) is 2.73. The summed E-state index contributed by atoms with van der Waals surface area (Å²) in [6, 6.07) is 20.0. The lowest BCUT2D eigenvalue weighted by Crippen LogP contribution is -2.48. The summed E-state index contributed by atoms with van der Waals surface area (Å²) in [6.07, 6.45) is -1.01. The average molecular weight is 443 g/mol. The van der Waals surface area contributed by atoms with E-state index < -0.39 is 22.0 Å². The van der Waals surface area contributed by atoms with Gasteiger partial charge in [-0.2, -0.15) is 0 Å². The first-order valence-electron chi connectivity index (χ1n) is 9.26. The third kappa shape index (κ3) is 3.99. The molecular formula is C22H19ClN2O4S. The van der Waals surface area contributed by atoms with Gasteiger partial charge in [0.15, 0.2) is 6.10 Å². The normalized spacial score (nSPS) is 15.8. The molecule has 0 bridgehead atoms. The largest absolute Gasteiger partial charge is 0.476 e. The first-order valence-corrected chi connectivity index (χ1v) is 11.1. The number of amides is 1. The highest BCUT2D eigenvalue weighted by Crippen LogP contribution is 2.37. The van der Waals surface area contributed by atoms with Crippen LogP contribution in [0.5, 0.6) is 5.75 Å². The van der Waals surface area contributed by atoms with Crippen molar-refractivity contribution in [3.05, 3.63) is 83.4 Å². The van der Waals surface area contributed by atoms with Crippen molar-refractivity contribution < 1.29 is 17.9 Å². The van der Waals surface area contributed by atoms with Crippen molar-refractivity contribution >= 4 is 38.9 Å². The molecule has 30 heavy (non-hydrogen) atoms. The molecule has 4 rings (SSSR count). The van der Waals surface area contributed by atoms with Crippen molar-refractivity contribution in [2.45, 2.75) is 17.9 Å². The molecule has 1 heterocycles. The summed E-state index contributed by atoms with van der Waals surface area (Å²) in [5, 5.41) is 3.24. The number of halogens is 1. The summed E-state index contributed by atoms with van der Waals surface area (Å²) < 4.78 is 33.7. The minimum Gasteiger partial charge on any atom is -0.476 e. The zero-order valence-corrected chi connectivity index (χ0v) is 17.7. The number of nitrogens with zero attached hydrogens (tertiary/aromatic N) is 1. The lowest BCUT2D eigenvalue weighted by molar-refractivity contribution is -0.122. The molecule has 0 fully saturated rings. The zero-order chi connectivity index (χ0) is 21.3. The zero-order valence-electron chi connectivity index (χ0n) is 16.1. The van der Waals surface area contributed by atoms with Crippen LogP contribution in [0.4, 0.5) is 11.4 Å². The summed E-state index contributed by atoms with van der Waals surface area (Å²) in [7, 11) is -3.92. The van der Waals surface area contributed by atoms with Gasteiger partial charge in [0.2, 0.25) is 0 Å². The van der Waals surface area contributed by atoms with Crippen molar-refractivity contribution in [1.82, 2.24) is 0 Å². The highest BCUT2D eigenvalue weighted by atomic mass is 35.5. The molecule has 1 amide bonds. The van der Waals surface area contributed by atoms with E-state index in [2.05, 4.69) is 5.32 Å². The Morgan fingerprint density at radius 1 is 1.07 bits per heavy atom. The van der Waals surface area contributed by atoms with Crippen LogP contribution in [-0.4, -0.2) is 27.0 Å². The number of rotatable bonds is 4. The number of aryl methyl sites for hydroxylation is 1. The summed E-state index contributed by atoms with van der Waals surface area (Å²) in [5.74, 6) is -0.0999. The Kier molecular flexibility index (Phi) is 5.40. The van der Waals surface area contributed by atoms with Gasteiger partial charge in [0.25, 0.3) is 15.9 Å². The maximum Gasteiger partial charge on any atom is 0.267 e. The highest BCUT2D eigenvalue weighted by Gasteiger charge is 2.37. The predicted octanol–water partition coefficient (Wildman–Crippen LogP) is 4.24. The van der Waals surface area contributed by atoms with E-state index in [9.17, 15) is 13.2 Å². The summed E-state index contributed by atoms with van der Waals surface area (Å²) in [6.45, 7) is 1.77. The van der Waals surface area contributed by atoms with Crippen molar-refractivity contribution in [2.24, 2.45) is 0 Å². The molecule has 0 unspecified atom stereocenters. The van der Waals surface area contributed by atoms with Gasteiger partial charge in [0.05, 0.1) is 17.1 Å². The Morgan fingerprint density at radius 3 is 2.53 bits per heavy atom. The Labute approximate surface area is 180 Å². The second-order valence-corrected chi connectivity index (χ2v) is 9.22. The van der Waals surface area contributed by atoms with Gasteiger partial charge in [-0.1, -0.05) is 35.9 Å². The van der Waals surface area contributed by atoms with E-state index in [1.165, 1.54) is 28.6 Å². The lowest BCUT2D eigenvalue weighted by atomic mass is 10.2. The van der Waals surface area contributed by atoms with Crippen LogP contribution in [0.1, 0.15) is 5.56 Å². The number of hydrogen-bond acceptors (Lipinski definition) is 4. The molecule has 0 aliphatic carbocycles. The van der Waals surface area contributed by atoms with Crippen LogP contribution in [0.3, 0.4) is 0 Å². The molecule has 154 valence electrons. The van der Waals surface area contributed by atoms with E-state index in [4.69, 9.17) is 16.3 Å². The molecule has 1 atom stereocenters. The Balaban J connectivity index is 1.67. The third-order valence-electron chi connectivity index (χ3n) is 4.71. The van der Waals surface area contributed by atoms with Gasteiger partial charge in [-0.15, -0.1) is 0 Å². The summed E-state index contributed by atoms with van der Waals surface area (Å²) >= 11 is 5.90. The van der Waals surface area contributed by atoms with Crippen LogP contribution in [0.25, 0.3) is 0 Å². The fraction of sp³-hybridized carbons (Fsp3) is 0.136. The molecular weight excluding hydrogens is 424 g/mol. The first kappa shape index (κ1) is 20.3. The standard InChI is InChI=1S/C22H19ClN2O4S/c1-15-5-4-6-17(13-15)24-22(26)21-14-25(19-7-2-3-8-20(19)29-21)30(27,28)18-11-9-16(23)10-12-18/h2-13,21H,14H2,1H3,(H,24,26)/t21-/m1/s1. The van der Waals surface area contributed by atoms with Gasteiger partial charge in [-0.05, 0) is 61.0 Å². The summed E-state index contributed by atoms with van der Waals surface area (Å²) in [4.78, 5) is 13.0. The molecule has 1 aliphatic heterocycles. The van der Waals surface area contributed by atoms with Crippen LogP contribution in [0, 0.1) is 6.92 Å². The molecule has 1 N–H and O–H groups in total. The molecule has 8 heteroatoms. The SMILES string of the molecule is Cc1cccc(NC(=O)[C@H]2CN(S(=O)(=O)c3ccc(Cl)cc3)c3ccccc3O2)c1. The van der Waals surface area contributed by atoms with E-state index in [0.29, 0.717) is 22.1 Å². The number of nitrogens with one attached hydrogen (secondary N) is 1. The molecule has 0 radical (unpaired) electrons. The van der Waals surface area contributed by atoms with Gasteiger partial charge in [-0.3, -0.25) is 9.10 Å². The minimum atomic E-state index is -3.92. The van der Waals surface area contributed by atoms with E-state index in [1.807, 2.05) is 25.1 Å². The van der Waals surface area contributed by atoms with Gasteiger partial charge in [0.1, 0.15) is 5.75 Å². The van der Waals surface area contributed by atoms with Gasteiger partial charge < -0.3 is 10.1 Å². The van der Waals surface area contributed by atoms with E-state index in [1.54, 1.807) is 30.3 Å². The number of para-hydroxylation sites is 2. The van der Waals surface area contributed by atoms with E-state index in [-0.39, 0.29) is 11.4 Å². The van der Waals surface area contributed by atoms with Crippen LogP contribution >= 0.6 is 11.6 Å². The quantitative estimate of drug-likeness (QED) is 0.655. The molecule has 0 saturated carbocycles. The van der Waals surface area contributed by atoms with Crippen LogP contribution in [0.15, 0.2) is 77.7 Å². The molecule has 3 aromatic carbocycles. The second kappa shape index (κ2) is 8.01. The topological polar surface area (TPSA) is 75.7 Å². The number of carbonyl (C=O) groups is 1. The number of ether oxygens (including phenoxy) is 1.